The second kappa shape index (κ2) is 5.46. The maximum atomic E-state index is 5.92. The molecule has 1 fully saturated rings. The Morgan fingerprint density at radius 1 is 1.31 bits per heavy atom. The largest absolute Gasteiger partial charge is 0.373 e. The van der Waals surface area contributed by atoms with E-state index in [4.69, 9.17) is 4.74 Å². The number of hydrogen-bond donors (Lipinski definition) is 1. The van der Waals surface area contributed by atoms with Crippen LogP contribution in [0.15, 0.2) is 30.3 Å². The molecular weight excluding hydrogens is 198 g/mol. The maximum absolute atomic E-state index is 5.92. The molecule has 1 aromatic rings. The van der Waals surface area contributed by atoms with Gasteiger partial charge in [0.15, 0.2) is 0 Å². The summed E-state index contributed by atoms with van der Waals surface area (Å²) in [6.45, 7) is 6.38. The van der Waals surface area contributed by atoms with Crippen molar-refractivity contribution >= 4 is 0 Å². The van der Waals surface area contributed by atoms with E-state index in [2.05, 4.69) is 49.5 Å². The minimum Gasteiger partial charge on any atom is -0.373 e. The Morgan fingerprint density at radius 2 is 2.06 bits per heavy atom. The van der Waals surface area contributed by atoms with E-state index >= 15 is 0 Å². The Bertz CT molecular complexity index is 312. The Labute approximate surface area is 98.0 Å². The van der Waals surface area contributed by atoms with Gasteiger partial charge < -0.3 is 10.1 Å². The first-order valence-electron chi connectivity index (χ1n) is 6.17. The van der Waals surface area contributed by atoms with E-state index in [-0.39, 0.29) is 0 Å². The highest BCUT2D eigenvalue weighted by Crippen LogP contribution is 2.22. The molecule has 1 aromatic carbocycles. The molecule has 0 aliphatic carbocycles. The van der Waals surface area contributed by atoms with Crippen LogP contribution in [0.5, 0.6) is 0 Å². The zero-order chi connectivity index (χ0) is 11.4. The van der Waals surface area contributed by atoms with E-state index in [1.165, 1.54) is 5.56 Å². The van der Waals surface area contributed by atoms with Gasteiger partial charge in [-0.25, -0.2) is 0 Å². The van der Waals surface area contributed by atoms with Crippen LogP contribution in [0, 0.1) is 0 Å². The summed E-state index contributed by atoms with van der Waals surface area (Å²) in [6.07, 6.45) is 1.81. The van der Waals surface area contributed by atoms with E-state index in [0.717, 1.165) is 19.5 Å². The van der Waals surface area contributed by atoms with Gasteiger partial charge in [0.1, 0.15) is 0 Å². The van der Waals surface area contributed by atoms with Gasteiger partial charge in [-0.3, -0.25) is 0 Å². The van der Waals surface area contributed by atoms with Crippen LogP contribution in [0.2, 0.25) is 0 Å². The van der Waals surface area contributed by atoms with E-state index in [1.54, 1.807) is 0 Å². The molecule has 0 bridgehead atoms. The molecule has 2 heteroatoms. The highest BCUT2D eigenvalue weighted by Gasteiger charge is 2.21. The first-order chi connectivity index (χ1) is 7.75. The third-order valence-electron chi connectivity index (χ3n) is 3.21. The molecule has 1 heterocycles. The lowest BCUT2D eigenvalue weighted by Gasteiger charge is -2.30. The van der Waals surface area contributed by atoms with Crippen LogP contribution in [0.3, 0.4) is 0 Å². The molecule has 3 atom stereocenters. The van der Waals surface area contributed by atoms with Crippen molar-refractivity contribution in [1.29, 1.82) is 0 Å². The monoisotopic (exact) mass is 219 g/mol. The molecule has 0 amide bonds. The summed E-state index contributed by atoms with van der Waals surface area (Å²) in [6, 6.07) is 10.7. The smallest absolute Gasteiger partial charge is 0.0709 e. The van der Waals surface area contributed by atoms with E-state index in [1.807, 2.05) is 0 Å². The minimum atomic E-state index is 0.349. The van der Waals surface area contributed by atoms with E-state index in [9.17, 15) is 0 Å². The van der Waals surface area contributed by atoms with Gasteiger partial charge in [0.05, 0.1) is 12.2 Å². The van der Waals surface area contributed by atoms with Gasteiger partial charge in [0, 0.05) is 13.1 Å². The van der Waals surface area contributed by atoms with Crippen LogP contribution in [0.4, 0.5) is 0 Å². The van der Waals surface area contributed by atoms with Crippen LogP contribution in [-0.2, 0) is 4.74 Å². The second-order valence-electron chi connectivity index (χ2n) is 4.77. The molecule has 3 unspecified atom stereocenters. The number of ether oxygens (including phenoxy) is 1. The third-order valence-corrected chi connectivity index (χ3v) is 3.21. The normalized spacial score (nSPS) is 27.6. The van der Waals surface area contributed by atoms with Crippen LogP contribution >= 0.6 is 0 Å². The molecule has 16 heavy (non-hydrogen) atoms. The fraction of sp³-hybridized carbons (Fsp3) is 0.571. The van der Waals surface area contributed by atoms with Gasteiger partial charge in [0.2, 0.25) is 0 Å². The molecule has 0 saturated carbocycles. The zero-order valence-corrected chi connectivity index (χ0v) is 10.1. The summed E-state index contributed by atoms with van der Waals surface area (Å²) in [7, 11) is 0. The lowest BCUT2D eigenvalue weighted by Crippen LogP contribution is -2.43. The predicted octanol–water partition coefficient (Wildman–Crippen LogP) is 2.56. The Kier molecular flexibility index (Phi) is 3.97. The number of rotatable bonds is 3. The summed E-state index contributed by atoms with van der Waals surface area (Å²) >= 11 is 0. The van der Waals surface area contributed by atoms with Crippen LogP contribution in [-0.4, -0.2) is 25.3 Å². The van der Waals surface area contributed by atoms with Crippen molar-refractivity contribution in [3.8, 4) is 0 Å². The molecular formula is C14H21NO. The molecule has 88 valence electrons. The van der Waals surface area contributed by atoms with Crippen LogP contribution < -0.4 is 5.32 Å². The topological polar surface area (TPSA) is 21.3 Å². The van der Waals surface area contributed by atoms with Gasteiger partial charge in [-0.05, 0) is 24.8 Å². The molecule has 0 spiro atoms. The van der Waals surface area contributed by atoms with E-state index < -0.39 is 0 Å². The van der Waals surface area contributed by atoms with Gasteiger partial charge in [-0.1, -0.05) is 37.3 Å². The predicted molar refractivity (Wildman–Crippen MR) is 66.7 cm³/mol. The highest BCUT2D eigenvalue weighted by molar-refractivity contribution is 5.18. The van der Waals surface area contributed by atoms with Crippen molar-refractivity contribution in [2.45, 2.75) is 38.4 Å². The number of nitrogens with one attached hydrogen (secondary N) is 1. The van der Waals surface area contributed by atoms with Crippen molar-refractivity contribution < 1.29 is 4.74 Å². The summed E-state index contributed by atoms with van der Waals surface area (Å²) < 4.78 is 5.92. The molecule has 0 radical (unpaired) electrons. The fourth-order valence-corrected chi connectivity index (χ4v) is 2.32. The highest BCUT2D eigenvalue weighted by atomic mass is 16.5. The number of morpholine rings is 1. The van der Waals surface area contributed by atoms with Crippen LogP contribution in [0.25, 0.3) is 0 Å². The molecule has 1 aliphatic rings. The first kappa shape index (κ1) is 11.6. The molecule has 2 rings (SSSR count). The SMILES string of the molecule is CC1CNCC(CC(C)c2ccccc2)O1. The maximum Gasteiger partial charge on any atom is 0.0709 e. The summed E-state index contributed by atoms with van der Waals surface area (Å²) in [5, 5.41) is 3.42. The van der Waals surface area contributed by atoms with Crippen molar-refractivity contribution in [2.75, 3.05) is 13.1 Å². The van der Waals surface area contributed by atoms with Crippen LogP contribution in [0.1, 0.15) is 31.7 Å². The molecule has 1 N–H and O–H groups in total. The van der Waals surface area contributed by atoms with Gasteiger partial charge in [-0.15, -0.1) is 0 Å². The summed E-state index contributed by atoms with van der Waals surface area (Å²) in [5.41, 5.74) is 1.41. The summed E-state index contributed by atoms with van der Waals surface area (Å²) in [4.78, 5) is 0. The van der Waals surface area contributed by atoms with Gasteiger partial charge >= 0.3 is 0 Å². The first-order valence-corrected chi connectivity index (χ1v) is 6.17. The Balaban J connectivity index is 1.89. The number of hydrogen-bond acceptors (Lipinski definition) is 2. The average Bonchev–Trinajstić information content (AvgIpc) is 2.30. The second-order valence-corrected chi connectivity index (χ2v) is 4.77. The third kappa shape index (κ3) is 3.06. The Morgan fingerprint density at radius 3 is 2.75 bits per heavy atom. The van der Waals surface area contributed by atoms with Gasteiger partial charge in [0.25, 0.3) is 0 Å². The fourth-order valence-electron chi connectivity index (χ4n) is 2.32. The van der Waals surface area contributed by atoms with Crippen molar-refractivity contribution in [3.63, 3.8) is 0 Å². The Hall–Kier alpha value is -0.860. The summed E-state index contributed by atoms with van der Waals surface area (Å²) in [5.74, 6) is 0.568. The van der Waals surface area contributed by atoms with Crippen molar-refractivity contribution in [3.05, 3.63) is 35.9 Å². The number of benzene rings is 1. The van der Waals surface area contributed by atoms with E-state index in [0.29, 0.717) is 18.1 Å². The zero-order valence-electron chi connectivity index (χ0n) is 10.1. The van der Waals surface area contributed by atoms with Crippen molar-refractivity contribution in [1.82, 2.24) is 5.32 Å². The van der Waals surface area contributed by atoms with Crippen molar-refractivity contribution in [2.24, 2.45) is 0 Å². The average molecular weight is 219 g/mol. The quantitative estimate of drug-likeness (QED) is 0.843. The lowest BCUT2D eigenvalue weighted by atomic mass is 9.94. The molecule has 2 nitrogen and oxygen atoms in total. The van der Waals surface area contributed by atoms with Gasteiger partial charge in [-0.2, -0.15) is 0 Å². The minimum absolute atomic E-state index is 0.349. The standard InChI is InChI=1S/C14H21NO/c1-11(13-6-4-3-5-7-13)8-14-10-15-9-12(2)16-14/h3-7,11-12,14-15H,8-10H2,1-2H3. The lowest BCUT2D eigenvalue weighted by molar-refractivity contribution is -0.0332. The molecule has 1 aliphatic heterocycles. The molecule has 0 aromatic heterocycles. The molecule has 1 saturated heterocycles.